The molecule has 0 saturated carbocycles. The summed E-state index contributed by atoms with van der Waals surface area (Å²) in [5.74, 6) is 0. The molecule has 2 N–H and O–H groups in total. The van der Waals surface area contributed by atoms with E-state index in [4.69, 9.17) is 5.73 Å². The van der Waals surface area contributed by atoms with E-state index in [1.54, 1.807) is 22.5 Å². The molecule has 1 fully saturated rings. The van der Waals surface area contributed by atoms with Gasteiger partial charge < -0.3 is 5.73 Å². The molecular formula is C14H19N3O2S2. The number of aryl methyl sites for hydroxylation is 1. The monoisotopic (exact) mass is 325 g/mol. The van der Waals surface area contributed by atoms with Crippen molar-refractivity contribution >= 4 is 31.6 Å². The van der Waals surface area contributed by atoms with Gasteiger partial charge in [-0.15, -0.1) is 11.3 Å². The summed E-state index contributed by atoms with van der Waals surface area (Å²) >= 11 is 1.52. The molecule has 1 aliphatic heterocycles. The summed E-state index contributed by atoms with van der Waals surface area (Å²) in [7, 11) is -3.43. The minimum atomic E-state index is -3.43. The Hall–Kier alpha value is -1.02. The summed E-state index contributed by atoms with van der Waals surface area (Å²) in [6.45, 7) is 2.98. The fourth-order valence-corrected chi connectivity index (χ4v) is 5.13. The largest absolute Gasteiger partial charge is 0.328 e. The highest BCUT2D eigenvalue weighted by molar-refractivity contribution is 7.89. The Morgan fingerprint density at radius 2 is 2.14 bits per heavy atom. The van der Waals surface area contributed by atoms with E-state index in [0.717, 1.165) is 34.5 Å². The second kappa shape index (κ2) is 5.64. The van der Waals surface area contributed by atoms with E-state index in [-0.39, 0.29) is 6.04 Å². The Morgan fingerprint density at radius 3 is 2.95 bits per heavy atom. The number of nitrogens with two attached hydrogens (primary N) is 1. The summed E-state index contributed by atoms with van der Waals surface area (Å²) < 4.78 is 28.0. The fraction of sp³-hybridized carbons (Fsp3) is 0.500. The van der Waals surface area contributed by atoms with Gasteiger partial charge in [0.2, 0.25) is 10.0 Å². The second-order valence-electron chi connectivity index (χ2n) is 5.46. The number of fused-ring (bicyclic) bond motifs is 1. The molecule has 0 bridgehead atoms. The van der Waals surface area contributed by atoms with Gasteiger partial charge in [0.25, 0.3) is 0 Å². The van der Waals surface area contributed by atoms with Crippen LogP contribution < -0.4 is 5.73 Å². The predicted molar refractivity (Wildman–Crippen MR) is 84.9 cm³/mol. The maximum Gasteiger partial charge on any atom is 0.243 e. The van der Waals surface area contributed by atoms with Gasteiger partial charge in [0.1, 0.15) is 0 Å². The zero-order chi connectivity index (χ0) is 15.0. The number of benzene rings is 1. The number of nitrogens with zero attached hydrogens (tertiary/aromatic N) is 2. The van der Waals surface area contributed by atoms with Gasteiger partial charge in [0, 0.05) is 19.1 Å². The molecule has 1 aromatic heterocycles. The van der Waals surface area contributed by atoms with Crippen molar-refractivity contribution in [3.63, 3.8) is 0 Å². The first-order valence-corrected chi connectivity index (χ1v) is 9.35. The molecule has 21 heavy (non-hydrogen) atoms. The van der Waals surface area contributed by atoms with Crippen molar-refractivity contribution in [2.24, 2.45) is 5.73 Å². The van der Waals surface area contributed by atoms with Crippen LogP contribution in [0.15, 0.2) is 23.1 Å². The molecule has 2 heterocycles. The van der Waals surface area contributed by atoms with Crippen molar-refractivity contribution in [1.82, 2.24) is 9.29 Å². The molecule has 1 saturated heterocycles. The average molecular weight is 325 g/mol. The quantitative estimate of drug-likeness (QED) is 0.917. The lowest BCUT2D eigenvalue weighted by atomic mass is 10.1. The van der Waals surface area contributed by atoms with E-state index in [1.165, 1.54) is 11.3 Å². The van der Waals surface area contributed by atoms with Crippen LogP contribution in [0.25, 0.3) is 10.2 Å². The molecule has 114 valence electrons. The van der Waals surface area contributed by atoms with Gasteiger partial charge in [-0.2, -0.15) is 4.31 Å². The van der Waals surface area contributed by atoms with Crippen LogP contribution in [0.4, 0.5) is 0 Å². The predicted octanol–water partition coefficient (Wildman–Crippen LogP) is 2.11. The number of sulfonamides is 1. The van der Waals surface area contributed by atoms with Crippen LogP contribution in [-0.2, 0) is 10.0 Å². The minimum absolute atomic E-state index is 0.108. The van der Waals surface area contributed by atoms with Crippen LogP contribution in [0.5, 0.6) is 0 Å². The molecule has 0 amide bonds. The van der Waals surface area contributed by atoms with Crippen molar-refractivity contribution in [3.8, 4) is 0 Å². The lowest BCUT2D eigenvalue weighted by molar-refractivity contribution is 0.421. The maximum atomic E-state index is 12.8. The first-order chi connectivity index (χ1) is 9.96. The lowest BCUT2D eigenvalue weighted by Crippen LogP contribution is -2.32. The highest BCUT2D eigenvalue weighted by Crippen LogP contribution is 2.27. The van der Waals surface area contributed by atoms with E-state index < -0.39 is 10.0 Å². The summed E-state index contributed by atoms with van der Waals surface area (Å²) in [5, 5.41) is 0.945. The van der Waals surface area contributed by atoms with E-state index in [0.29, 0.717) is 18.0 Å². The number of rotatable bonds is 2. The Balaban J connectivity index is 1.95. The van der Waals surface area contributed by atoms with Crippen LogP contribution in [0.2, 0.25) is 0 Å². The normalized spacial score (nSPS) is 21.5. The van der Waals surface area contributed by atoms with E-state index in [9.17, 15) is 8.42 Å². The topological polar surface area (TPSA) is 76.3 Å². The molecule has 2 aromatic rings. The van der Waals surface area contributed by atoms with Gasteiger partial charge in [-0.1, -0.05) is 0 Å². The summed E-state index contributed by atoms with van der Waals surface area (Å²) in [4.78, 5) is 4.72. The van der Waals surface area contributed by atoms with Crippen molar-refractivity contribution in [1.29, 1.82) is 0 Å². The maximum absolute atomic E-state index is 12.8. The third-order valence-electron chi connectivity index (χ3n) is 3.84. The Kier molecular flexibility index (Phi) is 4.00. The summed E-state index contributed by atoms with van der Waals surface area (Å²) in [6.07, 6.45) is 2.43. The van der Waals surface area contributed by atoms with Crippen LogP contribution >= 0.6 is 11.3 Å². The van der Waals surface area contributed by atoms with Crippen LogP contribution in [0, 0.1) is 6.92 Å². The second-order valence-corrected chi connectivity index (χ2v) is 8.63. The molecule has 0 spiro atoms. The Bertz CT molecular complexity index is 755. The third-order valence-corrected chi connectivity index (χ3v) is 6.66. The van der Waals surface area contributed by atoms with Crippen molar-refractivity contribution < 1.29 is 8.42 Å². The molecule has 1 aromatic carbocycles. The summed E-state index contributed by atoms with van der Waals surface area (Å²) in [5.41, 5.74) is 6.78. The standard InChI is InChI=1S/C14H19N3O2S2/c1-10-16-13-5-4-12(9-14(13)20-10)21(18,19)17-7-2-3-11(15)6-8-17/h4-5,9,11H,2-3,6-8,15H2,1H3. The van der Waals surface area contributed by atoms with E-state index in [2.05, 4.69) is 4.98 Å². The first-order valence-electron chi connectivity index (χ1n) is 7.10. The molecular weight excluding hydrogens is 306 g/mol. The molecule has 0 radical (unpaired) electrons. The van der Waals surface area contributed by atoms with Gasteiger partial charge in [-0.25, -0.2) is 13.4 Å². The third kappa shape index (κ3) is 2.96. The number of aromatic nitrogens is 1. The van der Waals surface area contributed by atoms with Crippen molar-refractivity contribution in [2.45, 2.75) is 37.1 Å². The molecule has 7 heteroatoms. The number of hydrogen-bond donors (Lipinski definition) is 1. The number of thiazole rings is 1. The molecule has 5 nitrogen and oxygen atoms in total. The Labute approximate surface area is 128 Å². The molecule has 1 unspecified atom stereocenters. The first kappa shape index (κ1) is 14.9. The Morgan fingerprint density at radius 1 is 1.33 bits per heavy atom. The molecule has 0 aliphatic carbocycles. The van der Waals surface area contributed by atoms with Gasteiger partial charge >= 0.3 is 0 Å². The molecule has 1 atom stereocenters. The lowest BCUT2D eigenvalue weighted by Gasteiger charge is -2.20. The van der Waals surface area contributed by atoms with Crippen LogP contribution in [0.3, 0.4) is 0 Å². The zero-order valence-corrected chi connectivity index (χ0v) is 13.6. The average Bonchev–Trinajstić information content (AvgIpc) is 2.66. The zero-order valence-electron chi connectivity index (χ0n) is 11.9. The smallest absolute Gasteiger partial charge is 0.243 e. The molecule has 1 aliphatic rings. The van der Waals surface area contributed by atoms with E-state index >= 15 is 0 Å². The summed E-state index contributed by atoms with van der Waals surface area (Å²) in [6, 6.07) is 5.29. The van der Waals surface area contributed by atoms with Gasteiger partial charge in [0.05, 0.1) is 20.1 Å². The van der Waals surface area contributed by atoms with Crippen LogP contribution in [0.1, 0.15) is 24.3 Å². The highest BCUT2D eigenvalue weighted by atomic mass is 32.2. The fourth-order valence-electron chi connectivity index (χ4n) is 2.67. The van der Waals surface area contributed by atoms with Gasteiger partial charge in [-0.3, -0.25) is 0 Å². The molecule has 3 rings (SSSR count). The van der Waals surface area contributed by atoms with Gasteiger partial charge in [0.15, 0.2) is 0 Å². The minimum Gasteiger partial charge on any atom is -0.328 e. The van der Waals surface area contributed by atoms with Crippen molar-refractivity contribution in [2.75, 3.05) is 13.1 Å². The van der Waals surface area contributed by atoms with Gasteiger partial charge in [-0.05, 0) is 44.4 Å². The van der Waals surface area contributed by atoms with Crippen LogP contribution in [-0.4, -0.2) is 36.8 Å². The number of hydrogen-bond acceptors (Lipinski definition) is 5. The highest BCUT2D eigenvalue weighted by Gasteiger charge is 2.27. The SMILES string of the molecule is Cc1nc2ccc(S(=O)(=O)N3CCCC(N)CC3)cc2s1. The van der Waals surface area contributed by atoms with E-state index in [1.807, 2.05) is 6.92 Å². The van der Waals surface area contributed by atoms with Crippen molar-refractivity contribution in [3.05, 3.63) is 23.2 Å².